The third kappa shape index (κ3) is 3.80. The monoisotopic (exact) mass is 414 g/mol. The van der Waals surface area contributed by atoms with Gasteiger partial charge in [0.05, 0.1) is 18.9 Å². The van der Waals surface area contributed by atoms with Crippen LogP contribution in [0.15, 0.2) is 72.8 Å². The second kappa shape index (κ2) is 8.83. The molecule has 0 aliphatic heterocycles. The Morgan fingerprint density at radius 2 is 1.45 bits per heavy atom. The Bertz CT molecular complexity index is 1240. The number of aromatic nitrogens is 2. The molecule has 0 radical (unpaired) electrons. The first-order chi connectivity index (χ1) is 15.2. The lowest BCUT2D eigenvalue weighted by Crippen LogP contribution is -2.17. The van der Waals surface area contributed by atoms with Crippen molar-refractivity contribution in [2.24, 2.45) is 0 Å². The number of esters is 2. The van der Waals surface area contributed by atoms with Crippen LogP contribution in [0.25, 0.3) is 27.7 Å². The standard InChI is InChI=1S/C25H22N2O4/c1-3-30-24(28)21-22(20-16-10-12-17-11-8-9-15-19(17)20)26-27(18-13-6-5-7-14-18)23(21)25(29)31-4-2/h5-16H,3-4H2,1-2H3. The van der Waals surface area contributed by atoms with E-state index in [1.807, 2.05) is 72.8 Å². The fourth-order valence-electron chi connectivity index (χ4n) is 3.58. The number of fused-ring (bicyclic) bond motifs is 1. The summed E-state index contributed by atoms with van der Waals surface area (Å²) in [5.41, 5.74) is 1.90. The molecular weight excluding hydrogens is 392 g/mol. The van der Waals surface area contributed by atoms with Crippen LogP contribution in [-0.2, 0) is 9.47 Å². The SMILES string of the molecule is CCOC(=O)c1c(-c2cccc3ccccc23)nn(-c2ccccc2)c1C(=O)OCC. The molecule has 1 heterocycles. The van der Waals surface area contributed by atoms with Gasteiger partial charge in [0.2, 0.25) is 0 Å². The van der Waals surface area contributed by atoms with Gasteiger partial charge >= 0.3 is 11.9 Å². The van der Waals surface area contributed by atoms with E-state index in [2.05, 4.69) is 0 Å². The molecule has 4 rings (SSSR count). The molecule has 0 aliphatic carbocycles. The van der Waals surface area contributed by atoms with Gasteiger partial charge in [0.25, 0.3) is 0 Å². The van der Waals surface area contributed by atoms with Crippen molar-refractivity contribution in [2.45, 2.75) is 13.8 Å². The summed E-state index contributed by atoms with van der Waals surface area (Å²) in [6.07, 6.45) is 0. The predicted molar refractivity (Wildman–Crippen MR) is 118 cm³/mol. The summed E-state index contributed by atoms with van der Waals surface area (Å²) in [5, 5.41) is 6.64. The van der Waals surface area contributed by atoms with Gasteiger partial charge in [-0.2, -0.15) is 5.10 Å². The fourth-order valence-corrected chi connectivity index (χ4v) is 3.58. The molecule has 0 saturated heterocycles. The molecule has 0 aliphatic rings. The van der Waals surface area contributed by atoms with E-state index < -0.39 is 11.9 Å². The Kier molecular flexibility index (Phi) is 5.80. The van der Waals surface area contributed by atoms with Crippen LogP contribution in [0.3, 0.4) is 0 Å². The minimum absolute atomic E-state index is 0.0504. The largest absolute Gasteiger partial charge is 0.462 e. The van der Waals surface area contributed by atoms with Crippen LogP contribution in [0.4, 0.5) is 0 Å². The normalized spacial score (nSPS) is 10.8. The number of hydrogen-bond acceptors (Lipinski definition) is 5. The van der Waals surface area contributed by atoms with Crippen molar-refractivity contribution < 1.29 is 19.1 Å². The lowest BCUT2D eigenvalue weighted by molar-refractivity contribution is 0.0473. The molecule has 31 heavy (non-hydrogen) atoms. The molecule has 1 aromatic heterocycles. The number of para-hydroxylation sites is 1. The van der Waals surface area contributed by atoms with Crippen LogP contribution in [0, 0.1) is 0 Å². The summed E-state index contributed by atoms with van der Waals surface area (Å²) < 4.78 is 12.1. The lowest BCUT2D eigenvalue weighted by atomic mass is 9.99. The fraction of sp³-hybridized carbons (Fsp3) is 0.160. The van der Waals surface area contributed by atoms with Crippen molar-refractivity contribution in [3.63, 3.8) is 0 Å². The van der Waals surface area contributed by atoms with Crippen molar-refractivity contribution in [2.75, 3.05) is 13.2 Å². The van der Waals surface area contributed by atoms with Gasteiger partial charge in [-0.05, 0) is 36.8 Å². The molecule has 0 spiro atoms. The lowest BCUT2D eigenvalue weighted by Gasteiger charge is -2.09. The maximum absolute atomic E-state index is 13.1. The smallest absolute Gasteiger partial charge is 0.357 e. The maximum atomic E-state index is 13.1. The zero-order valence-electron chi connectivity index (χ0n) is 17.4. The third-order valence-electron chi connectivity index (χ3n) is 4.88. The number of hydrogen-bond donors (Lipinski definition) is 0. The van der Waals surface area contributed by atoms with E-state index in [9.17, 15) is 9.59 Å². The average molecular weight is 414 g/mol. The van der Waals surface area contributed by atoms with E-state index in [1.54, 1.807) is 13.8 Å². The van der Waals surface area contributed by atoms with Crippen LogP contribution in [-0.4, -0.2) is 34.9 Å². The highest BCUT2D eigenvalue weighted by molar-refractivity contribution is 6.09. The first-order valence-electron chi connectivity index (χ1n) is 10.2. The Morgan fingerprint density at radius 1 is 0.806 bits per heavy atom. The third-order valence-corrected chi connectivity index (χ3v) is 4.88. The number of carbonyl (C=O) groups excluding carboxylic acids is 2. The van der Waals surface area contributed by atoms with Crippen molar-refractivity contribution in [3.05, 3.63) is 84.1 Å². The highest BCUT2D eigenvalue weighted by Gasteiger charge is 2.32. The molecule has 0 unspecified atom stereocenters. The minimum Gasteiger partial charge on any atom is -0.462 e. The van der Waals surface area contributed by atoms with E-state index in [0.29, 0.717) is 11.4 Å². The molecule has 0 N–H and O–H groups in total. The number of nitrogens with zero attached hydrogens (tertiary/aromatic N) is 2. The molecule has 0 saturated carbocycles. The predicted octanol–water partition coefficient (Wildman–Crippen LogP) is 5.05. The quantitative estimate of drug-likeness (QED) is 0.413. The molecule has 156 valence electrons. The molecule has 0 amide bonds. The van der Waals surface area contributed by atoms with Crippen LogP contribution >= 0.6 is 0 Å². The van der Waals surface area contributed by atoms with Crippen molar-refractivity contribution in [1.82, 2.24) is 9.78 Å². The number of ether oxygens (including phenoxy) is 2. The van der Waals surface area contributed by atoms with Gasteiger partial charge in [-0.1, -0.05) is 60.7 Å². The van der Waals surface area contributed by atoms with E-state index in [-0.39, 0.29) is 24.5 Å². The van der Waals surface area contributed by atoms with E-state index >= 15 is 0 Å². The molecule has 0 atom stereocenters. The number of rotatable bonds is 6. The molecule has 4 aromatic rings. The molecular formula is C25H22N2O4. The summed E-state index contributed by atoms with van der Waals surface area (Å²) in [7, 11) is 0. The van der Waals surface area contributed by atoms with E-state index in [0.717, 1.165) is 16.3 Å². The zero-order valence-corrected chi connectivity index (χ0v) is 17.4. The van der Waals surface area contributed by atoms with E-state index in [1.165, 1.54) is 4.68 Å². The minimum atomic E-state index is -0.631. The Labute approximate surface area is 180 Å². The van der Waals surface area contributed by atoms with Gasteiger partial charge in [-0.3, -0.25) is 0 Å². The van der Waals surface area contributed by atoms with Crippen LogP contribution in [0.1, 0.15) is 34.7 Å². The molecule has 6 nitrogen and oxygen atoms in total. The Balaban J connectivity index is 2.07. The van der Waals surface area contributed by atoms with Crippen LogP contribution in [0.2, 0.25) is 0 Å². The number of carbonyl (C=O) groups is 2. The second-order valence-corrected chi connectivity index (χ2v) is 6.79. The Morgan fingerprint density at radius 3 is 2.19 bits per heavy atom. The van der Waals surface area contributed by atoms with Gasteiger partial charge in [0, 0.05) is 5.56 Å². The Hall–Kier alpha value is -3.93. The average Bonchev–Trinajstić information content (AvgIpc) is 3.20. The summed E-state index contributed by atoms with van der Waals surface area (Å²) in [6, 6.07) is 22.8. The molecule has 3 aromatic carbocycles. The second-order valence-electron chi connectivity index (χ2n) is 6.79. The van der Waals surface area contributed by atoms with Gasteiger partial charge in [0.1, 0.15) is 11.3 Å². The maximum Gasteiger partial charge on any atom is 0.357 e. The first kappa shape index (κ1) is 20.3. The van der Waals surface area contributed by atoms with Gasteiger partial charge in [0.15, 0.2) is 5.69 Å². The summed E-state index contributed by atoms with van der Waals surface area (Å²) in [5.74, 6) is -1.25. The van der Waals surface area contributed by atoms with Crippen molar-refractivity contribution in [3.8, 4) is 16.9 Å². The summed E-state index contributed by atoms with van der Waals surface area (Å²) >= 11 is 0. The number of benzene rings is 3. The molecule has 0 bridgehead atoms. The van der Waals surface area contributed by atoms with Crippen LogP contribution < -0.4 is 0 Å². The topological polar surface area (TPSA) is 70.4 Å². The first-order valence-corrected chi connectivity index (χ1v) is 10.2. The van der Waals surface area contributed by atoms with Gasteiger partial charge in [-0.25, -0.2) is 14.3 Å². The van der Waals surface area contributed by atoms with Crippen molar-refractivity contribution in [1.29, 1.82) is 0 Å². The highest BCUT2D eigenvalue weighted by atomic mass is 16.5. The van der Waals surface area contributed by atoms with E-state index in [4.69, 9.17) is 14.6 Å². The summed E-state index contributed by atoms with van der Waals surface area (Å²) in [4.78, 5) is 26.1. The molecule has 6 heteroatoms. The van der Waals surface area contributed by atoms with Crippen molar-refractivity contribution >= 4 is 22.7 Å². The molecule has 0 fully saturated rings. The highest BCUT2D eigenvalue weighted by Crippen LogP contribution is 2.33. The zero-order chi connectivity index (χ0) is 21.8. The van der Waals surface area contributed by atoms with Crippen LogP contribution in [0.5, 0.6) is 0 Å². The van der Waals surface area contributed by atoms with Gasteiger partial charge < -0.3 is 9.47 Å². The van der Waals surface area contributed by atoms with Gasteiger partial charge in [-0.15, -0.1) is 0 Å². The summed E-state index contributed by atoms with van der Waals surface area (Å²) in [6.45, 7) is 3.79.